The van der Waals surface area contributed by atoms with Crippen LogP contribution in [0.3, 0.4) is 0 Å². The molecule has 0 heterocycles. The molecule has 100 valence electrons. The molecule has 0 spiro atoms. The van der Waals surface area contributed by atoms with Crippen molar-refractivity contribution in [2.45, 2.75) is 18.1 Å². The maximum absolute atomic E-state index is 12.9. The molecule has 1 rings (SSSR count). The lowest BCUT2D eigenvalue weighted by Gasteiger charge is -2.20. The lowest BCUT2D eigenvalue weighted by atomic mass is 10.0. The summed E-state index contributed by atoms with van der Waals surface area (Å²) in [5.41, 5.74) is 3.84. The third-order valence-electron chi connectivity index (χ3n) is 2.25. The van der Waals surface area contributed by atoms with Gasteiger partial charge in [-0.2, -0.15) is 22.0 Å². The summed E-state index contributed by atoms with van der Waals surface area (Å²) in [5.74, 6) is -6.40. The highest BCUT2D eigenvalue weighted by molar-refractivity contribution is 5.75. The van der Waals surface area contributed by atoms with Crippen LogP contribution < -0.4 is 5.73 Å². The lowest BCUT2D eigenvalue weighted by Crippen LogP contribution is -2.33. The predicted molar refractivity (Wildman–Crippen MR) is 51.0 cm³/mol. The second-order valence-electron chi connectivity index (χ2n) is 3.51. The van der Waals surface area contributed by atoms with Crippen LogP contribution in [0.1, 0.15) is 17.2 Å². The number of rotatable bonds is 3. The molecule has 1 aromatic rings. The Labute approximate surface area is 98.0 Å². The topological polar surface area (TPSA) is 63.3 Å². The van der Waals surface area contributed by atoms with E-state index in [2.05, 4.69) is 0 Å². The van der Waals surface area contributed by atoms with Gasteiger partial charge in [0.15, 0.2) is 0 Å². The molecule has 1 unspecified atom stereocenters. The standard InChI is InChI=1S/C10H8F5NO2/c11-9(12,10(13,14)15)6-3-1-5(2-4-6)7(16)8(17)18/h1-4,7H,16H2,(H,17,18). The largest absolute Gasteiger partial charge is 0.480 e. The monoisotopic (exact) mass is 269 g/mol. The Hall–Kier alpha value is -1.70. The number of carboxylic acid groups (broad SMARTS) is 1. The summed E-state index contributed by atoms with van der Waals surface area (Å²) >= 11 is 0. The predicted octanol–water partition coefficient (Wildman–Crippen LogP) is 2.43. The molecule has 3 nitrogen and oxygen atoms in total. The van der Waals surface area contributed by atoms with Crippen molar-refractivity contribution < 1.29 is 31.9 Å². The molecule has 0 radical (unpaired) electrons. The minimum absolute atomic E-state index is 0.0655. The van der Waals surface area contributed by atoms with Gasteiger partial charge in [-0.3, -0.25) is 4.79 Å². The van der Waals surface area contributed by atoms with Gasteiger partial charge in [-0.15, -0.1) is 0 Å². The van der Waals surface area contributed by atoms with E-state index in [0.29, 0.717) is 12.1 Å². The number of benzene rings is 1. The number of halogens is 5. The van der Waals surface area contributed by atoms with E-state index in [9.17, 15) is 26.7 Å². The fourth-order valence-electron chi connectivity index (χ4n) is 1.21. The molecule has 0 aliphatic heterocycles. The van der Waals surface area contributed by atoms with E-state index in [1.807, 2.05) is 0 Å². The van der Waals surface area contributed by atoms with Crippen molar-refractivity contribution in [3.05, 3.63) is 35.4 Å². The van der Waals surface area contributed by atoms with Gasteiger partial charge in [-0.1, -0.05) is 24.3 Å². The first-order chi connectivity index (χ1) is 8.07. The first-order valence-electron chi connectivity index (χ1n) is 4.60. The smallest absolute Gasteiger partial charge is 0.458 e. The fraction of sp³-hybridized carbons (Fsp3) is 0.300. The van der Waals surface area contributed by atoms with E-state index >= 15 is 0 Å². The Balaban J connectivity index is 3.07. The number of carbonyl (C=O) groups is 1. The van der Waals surface area contributed by atoms with Gasteiger partial charge in [0, 0.05) is 5.56 Å². The van der Waals surface area contributed by atoms with Crippen molar-refractivity contribution in [2.24, 2.45) is 5.73 Å². The van der Waals surface area contributed by atoms with Crippen LogP contribution in [0.25, 0.3) is 0 Å². The first-order valence-corrected chi connectivity index (χ1v) is 4.60. The summed E-state index contributed by atoms with van der Waals surface area (Å²) in [6.45, 7) is 0. The molecule has 0 aromatic heterocycles. The molecule has 8 heteroatoms. The van der Waals surface area contributed by atoms with E-state index in [1.54, 1.807) is 0 Å². The summed E-state index contributed by atoms with van der Waals surface area (Å²) in [4.78, 5) is 10.5. The molecule has 3 N–H and O–H groups in total. The summed E-state index contributed by atoms with van der Waals surface area (Å²) in [6.07, 6.45) is -5.70. The zero-order valence-electron chi connectivity index (χ0n) is 8.71. The number of carboxylic acids is 1. The summed E-state index contributed by atoms with van der Waals surface area (Å²) in [5, 5.41) is 8.54. The average molecular weight is 269 g/mol. The molecule has 0 fully saturated rings. The van der Waals surface area contributed by atoms with Gasteiger partial charge in [0.25, 0.3) is 0 Å². The van der Waals surface area contributed by atoms with Crippen molar-refractivity contribution in [3.8, 4) is 0 Å². The highest BCUT2D eigenvalue weighted by Crippen LogP contribution is 2.43. The van der Waals surface area contributed by atoms with Gasteiger partial charge in [0.2, 0.25) is 0 Å². The molecule has 0 bridgehead atoms. The number of hydrogen-bond donors (Lipinski definition) is 2. The van der Waals surface area contributed by atoms with Crippen LogP contribution in [0.15, 0.2) is 24.3 Å². The Bertz CT molecular complexity index is 441. The second-order valence-corrected chi connectivity index (χ2v) is 3.51. The average Bonchev–Trinajstić information content (AvgIpc) is 2.26. The first kappa shape index (κ1) is 14.4. The third-order valence-corrected chi connectivity index (χ3v) is 2.25. The van der Waals surface area contributed by atoms with Crippen molar-refractivity contribution in [1.29, 1.82) is 0 Å². The van der Waals surface area contributed by atoms with Crippen LogP contribution >= 0.6 is 0 Å². The Kier molecular flexibility index (Phi) is 3.61. The quantitative estimate of drug-likeness (QED) is 0.828. The van der Waals surface area contributed by atoms with Crippen LogP contribution in [0.5, 0.6) is 0 Å². The molecular formula is C10H8F5NO2. The molecule has 18 heavy (non-hydrogen) atoms. The van der Waals surface area contributed by atoms with E-state index in [0.717, 1.165) is 12.1 Å². The maximum Gasteiger partial charge on any atom is 0.458 e. The van der Waals surface area contributed by atoms with Crippen LogP contribution in [-0.4, -0.2) is 17.3 Å². The van der Waals surface area contributed by atoms with Gasteiger partial charge in [-0.25, -0.2) is 0 Å². The summed E-state index contributed by atoms with van der Waals surface area (Å²) < 4.78 is 61.9. The minimum atomic E-state index is -5.70. The molecule has 0 aliphatic rings. The normalized spacial score (nSPS) is 14.3. The van der Waals surface area contributed by atoms with Crippen LogP contribution in [0.4, 0.5) is 22.0 Å². The zero-order chi connectivity index (χ0) is 14.1. The molecule has 0 amide bonds. The molecule has 0 saturated carbocycles. The van der Waals surface area contributed by atoms with Crippen molar-refractivity contribution in [1.82, 2.24) is 0 Å². The number of alkyl halides is 5. The highest BCUT2D eigenvalue weighted by atomic mass is 19.4. The molecule has 0 aliphatic carbocycles. The van der Waals surface area contributed by atoms with E-state index < -0.39 is 29.7 Å². The summed E-state index contributed by atoms with van der Waals surface area (Å²) in [7, 11) is 0. The van der Waals surface area contributed by atoms with Crippen molar-refractivity contribution in [3.63, 3.8) is 0 Å². The lowest BCUT2D eigenvalue weighted by molar-refractivity contribution is -0.289. The Morgan fingerprint density at radius 2 is 1.56 bits per heavy atom. The van der Waals surface area contributed by atoms with Crippen molar-refractivity contribution >= 4 is 5.97 Å². The van der Waals surface area contributed by atoms with E-state index in [-0.39, 0.29) is 5.56 Å². The van der Waals surface area contributed by atoms with Gasteiger partial charge in [0.1, 0.15) is 6.04 Å². The number of hydrogen-bond acceptors (Lipinski definition) is 2. The SMILES string of the molecule is NC(C(=O)O)c1ccc(C(F)(F)C(F)(F)F)cc1. The van der Waals surface area contributed by atoms with Crippen LogP contribution in [-0.2, 0) is 10.7 Å². The van der Waals surface area contributed by atoms with Gasteiger partial charge in [-0.05, 0) is 5.56 Å². The van der Waals surface area contributed by atoms with Gasteiger partial charge >= 0.3 is 18.1 Å². The Morgan fingerprint density at radius 3 is 1.89 bits per heavy atom. The number of aliphatic carboxylic acids is 1. The van der Waals surface area contributed by atoms with Gasteiger partial charge < -0.3 is 10.8 Å². The van der Waals surface area contributed by atoms with Crippen molar-refractivity contribution in [2.75, 3.05) is 0 Å². The van der Waals surface area contributed by atoms with Crippen LogP contribution in [0, 0.1) is 0 Å². The Morgan fingerprint density at radius 1 is 1.11 bits per heavy atom. The minimum Gasteiger partial charge on any atom is -0.480 e. The van der Waals surface area contributed by atoms with E-state index in [1.165, 1.54) is 0 Å². The second kappa shape index (κ2) is 4.52. The highest BCUT2D eigenvalue weighted by Gasteiger charge is 2.58. The maximum atomic E-state index is 12.9. The summed E-state index contributed by atoms with van der Waals surface area (Å²) in [6, 6.07) is 1.19. The molecule has 1 aromatic carbocycles. The molecular weight excluding hydrogens is 261 g/mol. The number of nitrogens with two attached hydrogens (primary N) is 1. The van der Waals surface area contributed by atoms with Gasteiger partial charge in [0.05, 0.1) is 0 Å². The third kappa shape index (κ3) is 2.58. The zero-order valence-corrected chi connectivity index (χ0v) is 8.71. The molecule has 1 atom stereocenters. The van der Waals surface area contributed by atoms with E-state index in [4.69, 9.17) is 10.8 Å². The van der Waals surface area contributed by atoms with Crippen LogP contribution in [0.2, 0.25) is 0 Å². The molecule has 0 saturated heterocycles. The fourth-order valence-corrected chi connectivity index (χ4v) is 1.21.